The topological polar surface area (TPSA) is 38.0 Å². The largest absolute Gasteiger partial charge is 0.389 e. The molecule has 0 unspecified atom stereocenters. The summed E-state index contributed by atoms with van der Waals surface area (Å²) in [6, 6.07) is 12.1. The first kappa shape index (κ1) is 14.0. The van der Waals surface area contributed by atoms with Crippen molar-refractivity contribution in [2.45, 2.75) is 13.8 Å². The smallest absolute Gasteiger partial charge is 0.107 e. The molecule has 2 aromatic rings. The lowest BCUT2D eigenvalue weighted by molar-refractivity contribution is 1.33. The first-order valence-electron chi connectivity index (χ1n) is 5.91. The Hall–Kier alpha value is -1.39. The summed E-state index contributed by atoms with van der Waals surface area (Å²) in [5.74, 6) is 0. The summed E-state index contributed by atoms with van der Waals surface area (Å²) in [6.45, 7) is 4.19. The highest BCUT2D eigenvalue weighted by Gasteiger charge is 2.09. The molecule has 0 fully saturated rings. The van der Waals surface area contributed by atoms with Crippen molar-refractivity contribution in [2.24, 2.45) is 5.73 Å². The number of halogens is 1. The second-order valence-corrected chi connectivity index (χ2v) is 5.74. The Kier molecular flexibility index (Phi) is 4.22. The van der Waals surface area contributed by atoms with Gasteiger partial charge in [0.2, 0.25) is 0 Å². The second kappa shape index (κ2) is 5.72. The molecule has 0 amide bonds. The molecule has 3 N–H and O–H groups in total. The molecule has 0 aliphatic carbocycles. The third-order valence-corrected chi connectivity index (χ3v) is 3.91. The normalized spacial score (nSPS) is 10.3. The standard InChI is InChI=1S/C15H15BrN2S/c1-9-6-7-11(8-10(9)2)18-13-5-3-4-12(16)14(13)15(17)19/h3-8,18H,1-2H3,(H2,17,19). The van der Waals surface area contributed by atoms with Crippen LogP contribution in [-0.2, 0) is 0 Å². The lowest BCUT2D eigenvalue weighted by atomic mass is 10.1. The number of nitrogens with one attached hydrogen (secondary N) is 1. The van der Waals surface area contributed by atoms with E-state index < -0.39 is 0 Å². The van der Waals surface area contributed by atoms with Crippen molar-refractivity contribution in [3.05, 3.63) is 57.6 Å². The number of aryl methyl sites for hydroxylation is 2. The van der Waals surface area contributed by atoms with E-state index in [1.54, 1.807) is 0 Å². The first-order chi connectivity index (χ1) is 8.99. The van der Waals surface area contributed by atoms with Crippen LogP contribution in [0.25, 0.3) is 0 Å². The average molecular weight is 335 g/mol. The average Bonchev–Trinajstić information content (AvgIpc) is 2.33. The van der Waals surface area contributed by atoms with E-state index in [1.165, 1.54) is 11.1 Å². The Labute approximate surface area is 127 Å². The predicted molar refractivity (Wildman–Crippen MR) is 89.2 cm³/mol. The highest BCUT2D eigenvalue weighted by molar-refractivity contribution is 9.10. The number of thiocarbonyl (C=S) groups is 1. The van der Waals surface area contributed by atoms with E-state index in [1.807, 2.05) is 24.3 Å². The number of hydrogen-bond acceptors (Lipinski definition) is 2. The minimum absolute atomic E-state index is 0.374. The number of anilines is 2. The van der Waals surface area contributed by atoms with Gasteiger partial charge in [-0.1, -0.05) is 24.4 Å². The Morgan fingerprint density at radius 1 is 1.16 bits per heavy atom. The third-order valence-electron chi connectivity index (χ3n) is 3.05. The van der Waals surface area contributed by atoms with Crippen LogP contribution >= 0.6 is 28.1 Å². The van der Waals surface area contributed by atoms with E-state index in [-0.39, 0.29) is 0 Å². The molecule has 0 spiro atoms. The van der Waals surface area contributed by atoms with Crippen LogP contribution in [0.2, 0.25) is 0 Å². The van der Waals surface area contributed by atoms with Crippen LogP contribution < -0.4 is 11.1 Å². The maximum Gasteiger partial charge on any atom is 0.107 e. The second-order valence-electron chi connectivity index (χ2n) is 4.45. The summed E-state index contributed by atoms with van der Waals surface area (Å²) in [4.78, 5) is 0.374. The monoisotopic (exact) mass is 334 g/mol. The van der Waals surface area contributed by atoms with Crippen LogP contribution in [0, 0.1) is 13.8 Å². The Morgan fingerprint density at radius 2 is 1.89 bits per heavy atom. The van der Waals surface area contributed by atoms with Gasteiger partial charge >= 0.3 is 0 Å². The summed E-state index contributed by atoms with van der Waals surface area (Å²) in [6.07, 6.45) is 0. The molecule has 0 aliphatic heterocycles. The van der Waals surface area contributed by atoms with Gasteiger partial charge in [0.05, 0.1) is 0 Å². The van der Waals surface area contributed by atoms with Gasteiger partial charge in [-0.05, 0) is 65.2 Å². The van der Waals surface area contributed by atoms with Crippen molar-refractivity contribution >= 4 is 44.5 Å². The molecule has 2 nitrogen and oxygen atoms in total. The van der Waals surface area contributed by atoms with Crippen LogP contribution in [0.1, 0.15) is 16.7 Å². The fraction of sp³-hybridized carbons (Fsp3) is 0.133. The zero-order valence-electron chi connectivity index (χ0n) is 10.8. The van der Waals surface area contributed by atoms with Crippen molar-refractivity contribution in [3.8, 4) is 0 Å². The van der Waals surface area contributed by atoms with Crippen molar-refractivity contribution in [2.75, 3.05) is 5.32 Å². The van der Waals surface area contributed by atoms with Gasteiger partial charge in [-0.15, -0.1) is 0 Å². The molecule has 0 heterocycles. The molecule has 4 heteroatoms. The highest BCUT2D eigenvalue weighted by Crippen LogP contribution is 2.28. The van der Waals surface area contributed by atoms with Gasteiger partial charge in [0.1, 0.15) is 4.99 Å². The highest BCUT2D eigenvalue weighted by atomic mass is 79.9. The lowest BCUT2D eigenvalue weighted by Crippen LogP contribution is -2.12. The van der Waals surface area contributed by atoms with Crippen LogP contribution in [0.4, 0.5) is 11.4 Å². The molecule has 0 atom stereocenters. The fourth-order valence-corrected chi connectivity index (χ4v) is 2.78. The SMILES string of the molecule is Cc1ccc(Nc2cccc(Br)c2C(N)=S)cc1C. The van der Waals surface area contributed by atoms with Crippen molar-refractivity contribution < 1.29 is 0 Å². The quantitative estimate of drug-likeness (QED) is 0.814. The summed E-state index contributed by atoms with van der Waals surface area (Å²) in [5.41, 5.74) is 11.1. The van der Waals surface area contributed by atoms with E-state index >= 15 is 0 Å². The molecule has 0 aromatic heterocycles. The molecule has 0 saturated carbocycles. The predicted octanol–water partition coefficient (Wildman–Crippen LogP) is 4.44. The van der Waals surface area contributed by atoms with Crippen molar-refractivity contribution in [1.29, 1.82) is 0 Å². The van der Waals surface area contributed by atoms with E-state index in [4.69, 9.17) is 18.0 Å². The first-order valence-corrected chi connectivity index (χ1v) is 7.12. The molecule has 0 aliphatic rings. The lowest BCUT2D eigenvalue weighted by Gasteiger charge is -2.13. The van der Waals surface area contributed by atoms with Crippen LogP contribution in [0.3, 0.4) is 0 Å². The van der Waals surface area contributed by atoms with Gasteiger partial charge in [-0.2, -0.15) is 0 Å². The van der Waals surface area contributed by atoms with Crippen molar-refractivity contribution in [3.63, 3.8) is 0 Å². The Balaban J connectivity index is 2.40. The molecule has 0 radical (unpaired) electrons. The summed E-state index contributed by atoms with van der Waals surface area (Å²) in [5, 5.41) is 3.37. The van der Waals surface area contributed by atoms with Gasteiger partial charge in [0, 0.05) is 21.4 Å². The molecule has 19 heavy (non-hydrogen) atoms. The molecular weight excluding hydrogens is 320 g/mol. The third kappa shape index (κ3) is 3.14. The van der Waals surface area contributed by atoms with Crippen molar-refractivity contribution in [1.82, 2.24) is 0 Å². The maximum atomic E-state index is 5.78. The minimum Gasteiger partial charge on any atom is -0.389 e. The molecule has 0 saturated heterocycles. The van der Waals surface area contributed by atoms with E-state index in [0.717, 1.165) is 21.4 Å². The summed E-state index contributed by atoms with van der Waals surface area (Å²) in [7, 11) is 0. The Bertz CT molecular complexity index is 638. The Morgan fingerprint density at radius 3 is 2.53 bits per heavy atom. The zero-order chi connectivity index (χ0) is 14.0. The molecular formula is C15H15BrN2S. The van der Waals surface area contributed by atoms with E-state index in [9.17, 15) is 0 Å². The van der Waals surface area contributed by atoms with E-state index in [0.29, 0.717) is 4.99 Å². The van der Waals surface area contributed by atoms with Gasteiger partial charge < -0.3 is 11.1 Å². The zero-order valence-corrected chi connectivity index (χ0v) is 13.2. The molecule has 2 aromatic carbocycles. The molecule has 98 valence electrons. The van der Waals surface area contributed by atoms with Crippen LogP contribution in [-0.4, -0.2) is 4.99 Å². The molecule has 0 bridgehead atoms. The van der Waals surface area contributed by atoms with Gasteiger partial charge in [0.25, 0.3) is 0 Å². The van der Waals surface area contributed by atoms with Crippen LogP contribution in [0.5, 0.6) is 0 Å². The maximum absolute atomic E-state index is 5.78. The van der Waals surface area contributed by atoms with E-state index in [2.05, 4.69) is 47.2 Å². The number of rotatable bonds is 3. The number of hydrogen-bond donors (Lipinski definition) is 2. The van der Waals surface area contributed by atoms with Crippen LogP contribution in [0.15, 0.2) is 40.9 Å². The van der Waals surface area contributed by atoms with Gasteiger partial charge in [-0.25, -0.2) is 0 Å². The number of nitrogens with two attached hydrogens (primary N) is 1. The van der Waals surface area contributed by atoms with Gasteiger partial charge in [0.15, 0.2) is 0 Å². The molecule has 2 rings (SSSR count). The fourth-order valence-electron chi connectivity index (χ4n) is 1.85. The number of benzene rings is 2. The summed E-state index contributed by atoms with van der Waals surface area (Å²) < 4.78 is 0.897. The minimum atomic E-state index is 0.374. The van der Waals surface area contributed by atoms with Gasteiger partial charge in [-0.3, -0.25) is 0 Å². The summed E-state index contributed by atoms with van der Waals surface area (Å²) >= 11 is 8.59.